The van der Waals surface area contributed by atoms with Gasteiger partial charge in [0.05, 0.1) is 36.4 Å². The Balaban J connectivity index is 1.31. The van der Waals surface area contributed by atoms with Gasteiger partial charge in [0.15, 0.2) is 11.5 Å². The van der Waals surface area contributed by atoms with Gasteiger partial charge in [0.2, 0.25) is 11.8 Å². The van der Waals surface area contributed by atoms with Gasteiger partial charge in [-0.1, -0.05) is 19.3 Å². The number of amides is 2. The average molecular weight is 526 g/mol. The van der Waals surface area contributed by atoms with Crippen LogP contribution in [0.3, 0.4) is 0 Å². The molecule has 5 rings (SSSR count). The summed E-state index contributed by atoms with van der Waals surface area (Å²) in [5, 5.41) is 15.8. The summed E-state index contributed by atoms with van der Waals surface area (Å²) in [7, 11) is 0. The number of piperidine rings is 1. The maximum atomic E-state index is 14.1. The number of rotatable bonds is 6. The van der Waals surface area contributed by atoms with Crippen molar-refractivity contribution in [2.75, 3.05) is 18.0 Å². The molecular weight excluding hydrogens is 497 g/mol. The summed E-state index contributed by atoms with van der Waals surface area (Å²) >= 11 is 0. The quantitative estimate of drug-likeness (QED) is 0.385. The minimum absolute atomic E-state index is 0.0887. The van der Waals surface area contributed by atoms with Crippen molar-refractivity contribution in [1.82, 2.24) is 20.2 Å². The number of nitrogens with zero attached hydrogens (tertiary/aromatic N) is 2. The smallest absolute Gasteiger partial charge is 0.333 e. The van der Waals surface area contributed by atoms with Crippen molar-refractivity contribution in [2.45, 2.75) is 50.1 Å². The Hall–Kier alpha value is -4.35. The van der Waals surface area contributed by atoms with Crippen molar-refractivity contribution < 1.29 is 28.3 Å². The summed E-state index contributed by atoms with van der Waals surface area (Å²) in [6.45, 7) is 0.219. The van der Waals surface area contributed by atoms with Crippen molar-refractivity contribution in [3.8, 4) is 11.6 Å². The van der Waals surface area contributed by atoms with Gasteiger partial charge in [0.1, 0.15) is 11.4 Å². The second kappa shape index (κ2) is 10.2. The number of carbonyl (C=O) groups is 3. The molecule has 1 aliphatic heterocycles. The number of nitrogens with one attached hydrogen (secondary N) is 3. The van der Waals surface area contributed by atoms with Crippen molar-refractivity contribution >= 4 is 23.3 Å². The molecule has 11 nitrogen and oxygen atoms in total. The van der Waals surface area contributed by atoms with Gasteiger partial charge in [0, 0.05) is 12.6 Å². The number of aromatic hydroxyl groups is 1. The first-order valence-corrected chi connectivity index (χ1v) is 12.5. The number of hydrogen-bond donors (Lipinski definition) is 4. The molecule has 200 valence electrons. The monoisotopic (exact) mass is 525 g/mol. The van der Waals surface area contributed by atoms with Crippen LogP contribution < -0.4 is 21.2 Å². The zero-order valence-corrected chi connectivity index (χ0v) is 20.5. The number of hydrogen-bond acceptors (Lipinski definition) is 7. The van der Waals surface area contributed by atoms with Crippen molar-refractivity contribution in [1.29, 1.82) is 0 Å². The van der Waals surface area contributed by atoms with Gasteiger partial charge in [-0.2, -0.15) is 0 Å². The Bertz CT molecular complexity index is 1410. The van der Waals surface area contributed by atoms with E-state index in [2.05, 4.69) is 15.6 Å². The number of halogens is 1. The Morgan fingerprint density at radius 1 is 1.13 bits per heavy atom. The van der Waals surface area contributed by atoms with Crippen LogP contribution in [0, 0.1) is 5.82 Å². The SMILES string of the molecule is O=C(NC1(C(=O)NC2CCN(c3ccc(F)cc3-n3c(O)c[nH]c3=O)CC2=O)CCCCC1)c1ccco1. The fourth-order valence-electron chi connectivity index (χ4n) is 5.26. The minimum Gasteiger partial charge on any atom is -0.493 e. The van der Waals surface area contributed by atoms with Crippen LogP contribution in [-0.4, -0.2) is 56.9 Å². The van der Waals surface area contributed by atoms with E-state index in [1.54, 1.807) is 11.0 Å². The summed E-state index contributed by atoms with van der Waals surface area (Å²) in [6, 6.07) is 6.10. The van der Waals surface area contributed by atoms with Gasteiger partial charge in [-0.3, -0.25) is 14.4 Å². The number of H-pyrrole nitrogens is 1. The number of ketones is 1. The Kier molecular flexibility index (Phi) is 6.79. The highest BCUT2D eigenvalue weighted by atomic mass is 19.1. The van der Waals surface area contributed by atoms with Crippen LogP contribution in [0.5, 0.6) is 5.88 Å². The molecule has 2 aromatic heterocycles. The predicted octanol–water partition coefficient (Wildman–Crippen LogP) is 2.00. The van der Waals surface area contributed by atoms with E-state index in [0.29, 0.717) is 25.1 Å². The first kappa shape index (κ1) is 25.3. The molecular formula is C26H28FN5O6. The number of benzene rings is 1. The van der Waals surface area contributed by atoms with E-state index < -0.39 is 40.8 Å². The molecule has 4 N–H and O–H groups in total. The molecule has 1 unspecified atom stereocenters. The van der Waals surface area contributed by atoms with Crippen LogP contribution in [0.4, 0.5) is 10.1 Å². The maximum absolute atomic E-state index is 14.1. The highest BCUT2D eigenvalue weighted by Gasteiger charge is 2.43. The minimum atomic E-state index is -1.14. The van der Waals surface area contributed by atoms with Gasteiger partial charge < -0.3 is 30.0 Å². The lowest BCUT2D eigenvalue weighted by Gasteiger charge is -2.39. The molecule has 38 heavy (non-hydrogen) atoms. The highest BCUT2D eigenvalue weighted by molar-refractivity contribution is 6.00. The fourth-order valence-corrected chi connectivity index (χ4v) is 5.26. The number of imidazole rings is 1. The molecule has 1 aliphatic carbocycles. The van der Waals surface area contributed by atoms with Gasteiger partial charge in [-0.05, 0) is 43.5 Å². The predicted molar refractivity (Wildman–Crippen MR) is 134 cm³/mol. The van der Waals surface area contributed by atoms with E-state index in [-0.39, 0.29) is 30.2 Å². The van der Waals surface area contributed by atoms with Crippen LogP contribution in [0.2, 0.25) is 0 Å². The van der Waals surface area contributed by atoms with E-state index in [1.165, 1.54) is 24.5 Å². The Morgan fingerprint density at radius 2 is 1.92 bits per heavy atom. The maximum Gasteiger partial charge on any atom is 0.333 e. The summed E-state index contributed by atoms with van der Waals surface area (Å²) in [5.74, 6) is -2.07. The second-order valence-corrected chi connectivity index (χ2v) is 9.70. The van der Waals surface area contributed by atoms with Gasteiger partial charge in [-0.25, -0.2) is 13.8 Å². The molecule has 1 saturated carbocycles. The Labute approximate surface area is 216 Å². The molecule has 0 radical (unpaired) electrons. The molecule has 0 bridgehead atoms. The number of furan rings is 1. The molecule has 1 aromatic carbocycles. The van der Waals surface area contributed by atoms with Gasteiger partial charge in [0.25, 0.3) is 5.91 Å². The van der Waals surface area contributed by atoms with Crippen LogP contribution in [-0.2, 0) is 9.59 Å². The van der Waals surface area contributed by atoms with Crippen LogP contribution in [0.15, 0.2) is 52.0 Å². The zero-order chi connectivity index (χ0) is 26.9. The standard InChI is InChI=1S/C26H28FN5O6/c27-16-6-7-18(19(13-16)32-22(34)14-28-25(32)37)31-11-8-17(20(33)15-31)29-24(36)26(9-2-1-3-10-26)30-23(35)21-5-4-12-38-21/h4-7,12-14,17,34H,1-3,8-11,15H2,(H,28,37)(H,29,36)(H,30,35). The molecule has 12 heteroatoms. The van der Waals surface area contributed by atoms with E-state index in [9.17, 15) is 28.7 Å². The molecule has 3 aromatic rings. The van der Waals surface area contributed by atoms with Crippen molar-refractivity contribution in [2.24, 2.45) is 0 Å². The lowest BCUT2D eigenvalue weighted by atomic mass is 9.80. The summed E-state index contributed by atoms with van der Waals surface area (Å²) in [5.41, 5.74) is -1.32. The number of aromatic amines is 1. The third-order valence-corrected chi connectivity index (χ3v) is 7.24. The third-order valence-electron chi connectivity index (χ3n) is 7.24. The van der Waals surface area contributed by atoms with Crippen LogP contribution >= 0.6 is 0 Å². The fraction of sp³-hybridized carbons (Fsp3) is 0.385. The largest absolute Gasteiger partial charge is 0.493 e. The summed E-state index contributed by atoms with van der Waals surface area (Å²) < 4.78 is 20.2. The third kappa shape index (κ3) is 4.81. The molecule has 2 fully saturated rings. The van der Waals surface area contributed by atoms with E-state index in [1.807, 2.05) is 0 Å². The first-order valence-electron chi connectivity index (χ1n) is 12.5. The van der Waals surface area contributed by atoms with Crippen molar-refractivity contribution in [3.63, 3.8) is 0 Å². The number of Topliss-reactive ketones (excluding diaryl/α,β-unsaturated/α-hetero) is 1. The lowest BCUT2D eigenvalue weighted by molar-refractivity contribution is -0.133. The van der Waals surface area contributed by atoms with Gasteiger partial charge in [-0.15, -0.1) is 0 Å². The molecule has 0 spiro atoms. The molecule has 1 atom stereocenters. The first-order chi connectivity index (χ1) is 18.3. The van der Waals surface area contributed by atoms with E-state index in [0.717, 1.165) is 36.1 Å². The second-order valence-electron chi connectivity index (χ2n) is 9.70. The lowest BCUT2D eigenvalue weighted by Crippen LogP contribution is -2.63. The van der Waals surface area contributed by atoms with Crippen LogP contribution in [0.1, 0.15) is 49.1 Å². The summed E-state index contributed by atoms with van der Waals surface area (Å²) in [4.78, 5) is 55.6. The van der Waals surface area contributed by atoms with E-state index in [4.69, 9.17) is 4.42 Å². The Morgan fingerprint density at radius 3 is 2.58 bits per heavy atom. The molecule has 2 amide bonds. The van der Waals surface area contributed by atoms with Crippen LogP contribution in [0.25, 0.3) is 5.69 Å². The normalized spacial score (nSPS) is 19.2. The summed E-state index contributed by atoms with van der Waals surface area (Å²) in [6.07, 6.45) is 6.11. The zero-order valence-electron chi connectivity index (χ0n) is 20.5. The van der Waals surface area contributed by atoms with Gasteiger partial charge >= 0.3 is 5.69 Å². The van der Waals surface area contributed by atoms with Crippen molar-refractivity contribution in [3.05, 3.63) is 64.9 Å². The highest BCUT2D eigenvalue weighted by Crippen LogP contribution is 2.31. The number of carbonyl (C=O) groups excluding carboxylic acids is 3. The average Bonchev–Trinajstić information content (AvgIpc) is 3.56. The number of aromatic nitrogens is 2. The molecule has 3 heterocycles. The topological polar surface area (TPSA) is 150 Å². The van der Waals surface area contributed by atoms with E-state index >= 15 is 0 Å². The number of anilines is 1. The molecule has 2 aliphatic rings. The molecule has 1 saturated heterocycles.